The fraction of sp³-hybridized carbons (Fsp3) is 0.571. The van der Waals surface area contributed by atoms with E-state index in [9.17, 15) is 0 Å². The van der Waals surface area contributed by atoms with Gasteiger partial charge >= 0.3 is 0 Å². The summed E-state index contributed by atoms with van der Waals surface area (Å²) in [6.45, 7) is 2.08. The maximum Gasteiger partial charge on any atom is 0.141 e. The Labute approximate surface area is 127 Å². The van der Waals surface area contributed by atoms with Gasteiger partial charge in [-0.1, -0.05) is 30.9 Å². The van der Waals surface area contributed by atoms with Crippen LogP contribution < -0.4 is 0 Å². The van der Waals surface area contributed by atoms with Crippen LogP contribution in [0.4, 0.5) is 0 Å². The minimum atomic E-state index is 0.605. The Bertz CT molecular complexity index is 576. The number of aryl methyl sites for hydroxylation is 1. The summed E-state index contributed by atoms with van der Waals surface area (Å²) in [7, 11) is 0. The molecule has 102 valence electrons. The Hall–Kier alpha value is -0.320. The zero-order valence-electron chi connectivity index (χ0n) is 11.0. The Balaban J connectivity index is 1.73. The van der Waals surface area contributed by atoms with Gasteiger partial charge in [0.15, 0.2) is 0 Å². The van der Waals surface area contributed by atoms with Crippen molar-refractivity contribution in [2.45, 2.75) is 50.0 Å². The summed E-state index contributed by atoms with van der Waals surface area (Å²) >= 11 is 9.94. The number of fused-ring (bicyclic) bond motifs is 1. The molecule has 1 fully saturated rings. The van der Waals surface area contributed by atoms with Crippen molar-refractivity contribution in [3.63, 3.8) is 0 Å². The van der Waals surface area contributed by atoms with Crippen LogP contribution in [0.5, 0.6) is 0 Å². The van der Waals surface area contributed by atoms with Gasteiger partial charge in [0.2, 0.25) is 0 Å². The highest BCUT2D eigenvalue weighted by atomic mass is 35.5. The molecule has 0 atom stereocenters. The van der Waals surface area contributed by atoms with Crippen molar-refractivity contribution in [1.29, 1.82) is 0 Å². The molecule has 2 aromatic heterocycles. The normalized spacial score (nSPS) is 17.2. The van der Waals surface area contributed by atoms with E-state index in [1.165, 1.54) is 37.0 Å². The molecular formula is C14H17ClN2S2. The number of rotatable bonds is 3. The van der Waals surface area contributed by atoms with Gasteiger partial charge < -0.3 is 0 Å². The van der Waals surface area contributed by atoms with E-state index in [1.807, 2.05) is 11.8 Å². The van der Waals surface area contributed by atoms with Gasteiger partial charge in [-0.25, -0.2) is 9.97 Å². The molecule has 2 heterocycles. The molecule has 3 rings (SSSR count). The van der Waals surface area contributed by atoms with Gasteiger partial charge in [0.05, 0.1) is 5.75 Å². The highest BCUT2D eigenvalue weighted by molar-refractivity contribution is 7.99. The number of hydrogen-bond acceptors (Lipinski definition) is 4. The van der Waals surface area contributed by atoms with E-state index in [-0.39, 0.29) is 0 Å². The highest BCUT2D eigenvalue weighted by Crippen LogP contribution is 2.32. The Morgan fingerprint density at radius 3 is 2.89 bits per heavy atom. The zero-order chi connectivity index (χ0) is 13.2. The minimum Gasteiger partial charge on any atom is -0.221 e. The van der Waals surface area contributed by atoms with E-state index in [1.54, 1.807) is 11.3 Å². The number of thiophene rings is 1. The smallest absolute Gasteiger partial charge is 0.141 e. The van der Waals surface area contributed by atoms with Crippen LogP contribution in [0.3, 0.4) is 0 Å². The first-order chi connectivity index (χ1) is 9.22. The molecule has 1 aliphatic rings. The van der Waals surface area contributed by atoms with E-state index in [0.29, 0.717) is 5.15 Å². The predicted octanol–water partition coefficient (Wildman–Crippen LogP) is 5.22. The van der Waals surface area contributed by atoms with Crippen molar-refractivity contribution < 1.29 is 0 Å². The largest absolute Gasteiger partial charge is 0.221 e. The van der Waals surface area contributed by atoms with Crippen LogP contribution >= 0.6 is 34.7 Å². The molecule has 0 spiro atoms. The monoisotopic (exact) mass is 312 g/mol. The Kier molecular flexibility index (Phi) is 4.30. The van der Waals surface area contributed by atoms with Crippen LogP contribution in [-0.4, -0.2) is 15.2 Å². The van der Waals surface area contributed by atoms with Crippen LogP contribution in [0.1, 0.15) is 42.8 Å². The van der Waals surface area contributed by atoms with Gasteiger partial charge in [-0.2, -0.15) is 11.8 Å². The molecule has 0 saturated heterocycles. The Morgan fingerprint density at radius 2 is 2.11 bits per heavy atom. The SMILES string of the molecule is Cc1cc2c(Cl)nc(CSC3CCCCC3)nc2s1. The van der Waals surface area contributed by atoms with Gasteiger partial charge in [-0.3, -0.25) is 0 Å². The van der Waals surface area contributed by atoms with Crippen molar-refractivity contribution in [1.82, 2.24) is 9.97 Å². The second kappa shape index (κ2) is 5.98. The van der Waals surface area contributed by atoms with E-state index in [4.69, 9.17) is 11.6 Å². The third-order valence-electron chi connectivity index (χ3n) is 3.52. The summed E-state index contributed by atoms with van der Waals surface area (Å²) in [6, 6.07) is 2.07. The molecule has 0 aliphatic heterocycles. The van der Waals surface area contributed by atoms with Crippen molar-refractivity contribution in [3.8, 4) is 0 Å². The molecular weight excluding hydrogens is 296 g/mol. The quantitative estimate of drug-likeness (QED) is 0.727. The molecule has 0 radical (unpaired) electrons. The first-order valence-corrected chi connectivity index (χ1v) is 9.01. The topological polar surface area (TPSA) is 25.8 Å². The van der Waals surface area contributed by atoms with Crippen LogP contribution in [-0.2, 0) is 5.75 Å². The van der Waals surface area contributed by atoms with E-state index in [2.05, 4.69) is 23.0 Å². The van der Waals surface area contributed by atoms with Crippen molar-refractivity contribution in [3.05, 3.63) is 21.9 Å². The van der Waals surface area contributed by atoms with Crippen LogP contribution in [0.2, 0.25) is 5.15 Å². The molecule has 2 nitrogen and oxygen atoms in total. The molecule has 2 aromatic rings. The average Bonchev–Trinajstić information content (AvgIpc) is 2.79. The highest BCUT2D eigenvalue weighted by Gasteiger charge is 2.15. The summed E-state index contributed by atoms with van der Waals surface area (Å²) in [5.74, 6) is 1.77. The lowest BCUT2D eigenvalue weighted by Crippen LogP contribution is -2.08. The molecule has 0 bridgehead atoms. The standard InChI is InChI=1S/C14H17ClN2S2/c1-9-7-11-13(15)16-12(17-14(11)19-9)8-18-10-5-3-2-4-6-10/h7,10H,2-6,8H2,1H3. The molecule has 1 saturated carbocycles. The lowest BCUT2D eigenvalue weighted by molar-refractivity contribution is 0.516. The second-order valence-electron chi connectivity index (χ2n) is 5.08. The van der Waals surface area contributed by atoms with Gasteiger partial charge in [0.25, 0.3) is 0 Å². The molecule has 0 unspecified atom stereocenters. The lowest BCUT2D eigenvalue weighted by Gasteiger charge is -2.20. The maximum absolute atomic E-state index is 6.24. The summed E-state index contributed by atoms with van der Waals surface area (Å²) in [5.41, 5.74) is 0. The first kappa shape index (κ1) is 13.7. The fourth-order valence-corrected chi connectivity index (χ4v) is 4.91. The molecule has 0 N–H and O–H groups in total. The first-order valence-electron chi connectivity index (χ1n) is 6.76. The van der Waals surface area contributed by atoms with Gasteiger partial charge in [-0.15, -0.1) is 11.3 Å². The fourth-order valence-electron chi connectivity index (χ4n) is 2.54. The third kappa shape index (κ3) is 3.23. The minimum absolute atomic E-state index is 0.605. The summed E-state index contributed by atoms with van der Waals surface area (Å²) in [4.78, 5) is 11.3. The van der Waals surface area contributed by atoms with Crippen LogP contribution in [0.25, 0.3) is 10.2 Å². The maximum atomic E-state index is 6.24. The van der Waals surface area contributed by atoms with Crippen molar-refractivity contribution >= 4 is 44.9 Å². The number of halogens is 1. The Morgan fingerprint density at radius 1 is 1.32 bits per heavy atom. The number of nitrogens with zero attached hydrogens (tertiary/aromatic N) is 2. The van der Waals surface area contributed by atoms with Crippen LogP contribution in [0.15, 0.2) is 6.07 Å². The predicted molar refractivity (Wildman–Crippen MR) is 85.3 cm³/mol. The number of hydrogen-bond donors (Lipinski definition) is 0. The van der Waals surface area contributed by atoms with Gasteiger partial charge in [-0.05, 0) is 25.8 Å². The molecule has 0 aromatic carbocycles. The third-order valence-corrected chi connectivity index (χ3v) is 6.12. The molecule has 5 heteroatoms. The zero-order valence-corrected chi connectivity index (χ0v) is 13.4. The molecule has 19 heavy (non-hydrogen) atoms. The van der Waals surface area contributed by atoms with Crippen molar-refractivity contribution in [2.75, 3.05) is 0 Å². The number of thioether (sulfide) groups is 1. The molecule has 1 aliphatic carbocycles. The van der Waals surface area contributed by atoms with E-state index in [0.717, 1.165) is 27.0 Å². The van der Waals surface area contributed by atoms with E-state index >= 15 is 0 Å². The number of aromatic nitrogens is 2. The average molecular weight is 313 g/mol. The molecule has 0 amide bonds. The van der Waals surface area contributed by atoms with E-state index < -0.39 is 0 Å². The summed E-state index contributed by atoms with van der Waals surface area (Å²) in [5, 5.41) is 2.39. The second-order valence-corrected chi connectivity index (χ2v) is 7.96. The van der Waals surface area contributed by atoms with Crippen LogP contribution in [0, 0.1) is 6.92 Å². The van der Waals surface area contributed by atoms with Crippen molar-refractivity contribution in [2.24, 2.45) is 0 Å². The summed E-state index contributed by atoms with van der Waals surface area (Å²) < 4.78 is 0. The lowest BCUT2D eigenvalue weighted by atomic mass is 10.0. The van der Waals surface area contributed by atoms with Gasteiger partial charge in [0, 0.05) is 15.5 Å². The summed E-state index contributed by atoms with van der Waals surface area (Å²) in [6.07, 6.45) is 6.85. The van der Waals surface area contributed by atoms with Gasteiger partial charge in [0.1, 0.15) is 15.8 Å².